The van der Waals surface area contributed by atoms with E-state index in [-0.39, 0.29) is 6.10 Å². The van der Waals surface area contributed by atoms with E-state index in [0.717, 1.165) is 24.7 Å². The van der Waals surface area contributed by atoms with Gasteiger partial charge in [-0.25, -0.2) is 0 Å². The Morgan fingerprint density at radius 3 is 1.90 bits per heavy atom. The first kappa shape index (κ1) is 6.62. The first-order valence-electron chi connectivity index (χ1n) is 4.19. The second-order valence-electron chi connectivity index (χ2n) is 3.88. The summed E-state index contributed by atoms with van der Waals surface area (Å²) < 4.78 is 0. The summed E-state index contributed by atoms with van der Waals surface area (Å²) >= 11 is 0. The Bertz CT molecular complexity index is 109. The summed E-state index contributed by atoms with van der Waals surface area (Å²) in [5.41, 5.74) is 5.66. The fourth-order valence-corrected chi connectivity index (χ4v) is 2.11. The van der Waals surface area contributed by atoms with Crippen LogP contribution >= 0.6 is 0 Å². The average Bonchev–Trinajstić information content (AvgIpc) is 1.74. The van der Waals surface area contributed by atoms with Gasteiger partial charge >= 0.3 is 0 Å². The largest absolute Gasteiger partial charge is 0.393 e. The zero-order chi connectivity index (χ0) is 7.14. The third-order valence-corrected chi connectivity index (χ3v) is 3.03. The molecular weight excluding hydrogens is 126 g/mol. The fraction of sp³-hybridized carbons (Fsp3) is 1.00. The molecule has 0 radical (unpaired) electrons. The topological polar surface area (TPSA) is 46.2 Å². The summed E-state index contributed by atoms with van der Waals surface area (Å²) in [6, 6.07) is 0.475. The summed E-state index contributed by atoms with van der Waals surface area (Å²) in [6.45, 7) is 0. The summed E-state index contributed by atoms with van der Waals surface area (Å²) in [6.07, 6.45) is 4.51. The van der Waals surface area contributed by atoms with Gasteiger partial charge in [-0.1, -0.05) is 0 Å². The van der Waals surface area contributed by atoms with E-state index in [9.17, 15) is 0 Å². The first-order valence-corrected chi connectivity index (χ1v) is 4.19. The van der Waals surface area contributed by atoms with Crippen molar-refractivity contribution in [3.8, 4) is 0 Å². The number of hydrogen-bond acceptors (Lipinski definition) is 2. The molecule has 0 bridgehead atoms. The molecule has 10 heavy (non-hydrogen) atoms. The lowest BCUT2D eigenvalue weighted by atomic mass is 9.64. The maximum absolute atomic E-state index is 9.02. The minimum absolute atomic E-state index is 0.0156. The zero-order valence-electron chi connectivity index (χ0n) is 6.16. The minimum Gasteiger partial charge on any atom is -0.393 e. The Morgan fingerprint density at radius 1 is 1.00 bits per heavy atom. The van der Waals surface area contributed by atoms with Crippen LogP contribution in [0, 0.1) is 11.8 Å². The molecular formula is C8H15NO. The van der Waals surface area contributed by atoms with E-state index in [1.165, 1.54) is 12.8 Å². The van der Waals surface area contributed by atoms with Crippen molar-refractivity contribution in [2.45, 2.75) is 37.8 Å². The van der Waals surface area contributed by atoms with Crippen molar-refractivity contribution in [3.63, 3.8) is 0 Å². The van der Waals surface area contributed by atoms with Crippen LogP contribution in [0.5, 0.6) is 0 Å². The van der Waals surface area contributed by atoms with Crippen LogP contribution in [0.1, 0.15) is 25.7 Å². The fourth-order valence-electron chi connectivity index (χ4n) is 2.11. The van der Waals surface area contributed by atoms with Gasteiger partial charge in [0.15, 0.2) is 0 Å². The Labute approximate surface area is 61.4 Å². The molecule has 0 amide bonds. The van der Waals surface area contributed by atoms with E-state index in [2.05, 4.69) is 0 Å². The van der Waals surface area contributed by atoms with E-state index >= 15 is 0 Å². The monoisotopic (exact) mass is 141 g/mol. The molecule has 2 aliphatic carbocycles. The van der Waals surface area contributed by atoms with Gasteiger partial charge in [0.2, 0.25) is 0 Å². The molecule has 2 heteroatoms. The number of aliphatic hydroxyl groups is 1. The summed E-state index contributed by atoms with van der Waals surface area (Å²) in [5.74, 6) is 1.67. The molecule has 0 aromatic heterocycles. The van der Waals surface area contributed by atoms with Gasteiger partial charge in [-0.05, 0) is 37.5 Å². The van der Waals surface area contributed by atoms with E-state index in [0.29, 0.717) is 6.04 Å². The van der Waals surface area contributed by atoms with E-state index in [4.69, 9.17) is 10.8 Å². The van der Waals surface area contributed by atoms with Gasteiger partial charge in [0.25, 0.3) is 0 Å². The third kappa shape index (κ3) is 0.956. The quantitative estimate of drug-likeness (QED) is 0.558. The third-order valence-electron chi connectivity index (χ3n) is 3.03. The van der Waals surface area contributed by atoms with Crippen LogP contribution in [-0.4, -0.2) is 17.3 Å². The molecule has 2 rings (SSSR count). The molecule has 0 aromatic rings. The van der Waals surface area contributed by atoms with Crippen LogP contribution in [-0.2, 0) is 0 Å². The van der Waals surface area contributed by atoms with Crippen molar-refractivity contribution in [2.24, 2.45) is 17.6 Å². The lowest BCUT2D eigenvalue weighted by molar-refractivity contribution is -0.0115. The highest BCUT2D eigenvalue weighted by atomic mass is 16.3. The van der Waals surface area contributed by atoms with Gasteiger partial charge in [-0.2, -0.15) is 0 Å². The molecule has 2 fully saturated rings. The van der Waals surface area contributed by atoms with Gasteiger partial charge in [-0.3, -0.25) is 0 Å². The van der Waals surface area contributed by atoms with Crippen LogP contribution in [0.25, 0.3) is 0 Å². The molecule has 58 valence electrons. The number of aliphatic hydroxyl groups excluding tert-OH is 1. The minimum atomic E-state index is 0.0156. The molecule has 2 aliphatic rings. The van der Waals surface area contributed by atoms with Gasteiger partial charge in [-0.15, -0.1) is 0 Å². The highest BCUT2D eigenvalue weighted by molar-refractivity contribution is 4.92. The molecule has 0 aliphatic heterocycles. The van der Waals surface area contributed by atoms with Crippen LogP contribution in [0.2, 0.25) is 0 Å². The van der Waals surface area contributed by atoms with Crippen molar-refractivity contribution in [2.75, 3.05) is 0 Å². The van der Waals surface area contributed by atoms with Crippen molar-refractivity contribution in [1.82, 2.24) is 0 Å². The molecule has 3 N–H and O–H groups in total. The normalized spacial score (nSPS) is 53.4. The van der Waals surface area contributed by atoms with Crippen LogP contribution in [0.3, 0.4) is 0 Å². The Hall–Kier alpha value is -0.0800. The second-order valence-corrected chi connectivity index (χ2v) is 3.88. The lowest BCUT2D eigenvalue weighted by Gasteiger charge is -2.45. The Kier molecular flexibility index (Phi) is 1.46. The summed E-state index contributed by atoms with van der Waals surface area (Å²) in [5, 5.41) is 9.02. The average molecular weight is 141 g/mol. The lowest BCUT2D eigenvalue weighted by Crippen LogP contribution is -2.45. The molecule has 0 saturated heterocycles. The van der Waals surface area contributed by atoms with E-state index in [1.807, 2.05) is 0 Å². The predicted octanol–water partition coefficient (Wildman–Crippen LogP) is 0.495. The van der Waals surface area contributed by atoms with Crippen LogP contribution in [0.4, 0.5) is 0 Å². The molecule has 0 aromatic carbocycles. The first-order chi connectivity index (χ1) is 4.75. The van der Waals surface area contributed by atoms with Crippen LogP contribution < -0.4 is 5.73 Å². The van der Waals surface area contributed by atoms with Crippen molar-refractivity contribution in [3.05, 3.63) is 0 Å². The molecule has 0 spiro atoms. The molecule has 2 saturated carbocycles. The Morgan fingerprint density at radius 2 is 1.50 bits per heavy atom. The van der Waals surface area contributed by atoms with E-state index in [1.54, 1.807) is 0 Å². The standard InChI is InChI=1S/C8H15NO/c9-7-1-5(2-7)6-3-8(10)4-6/h5-8,10H,1-4,9H2. The summed E-state index contributed by atoms with van der Waals surface area (Å²) in [7, 11) is 0. The number of nitrogens with two attached hydrogens (primary N) is 1. The molecule has 0 unspecified atom stereocenters. The van der Waals surface area contributed by atoms with Crippen LogP contribution in [0.15, 0.2) is 0 Å². The maximum atomic E-state index is 9.02. The molecule has 0 heterocycles. The van der Waals surface area contributed by atoms with Crippen molar-refractivity contribution >= 4 is 0 Å². The van der Waals surface area contributed by atoms with Gasteiger partial charge in [0.05, 0.1) is 6.10 Å². The predicted molar refractivity (Wildman–Crippen MR) is 39.4 cm³/mol. The second kappa shape index (κ2) is 2.21. The molecule has 2 nitrogen and oxygen atoms in total. The van der Waals surface area contributed by atoms with Crippen molar-refractivity contribution in [1.29, 1.82) is 0 Å². The zero-order valence-corrected chi connectivity index (χ0v) is 6.16. The number of rotatable bonds is 1. The van der Waals surface area contributed by atoms with Crippen molar-refractivity contribution < 1.29 is 5.11 Å². The SMILES string of the molecule is NC1CC(C2CC(O)C2)C1. The van der Waals surface area contributed by atoms with Gasteiger partial charge in [0.1, 0.15) is 0 Å². The summed E-state index contributed by atoms with van der Waals surface area (Å²) in [4.78, 5) is 0. The van der Waals surface area contributed by atoms with Gasteiger partial charge < -0.3 is 10.8 Å². The number of hydrogen-bond donors (Lipinski definition) is 2. The Balaban J connectivity index is 1.72. The maximum Gasteiger partial charge on any atom is 0.0545 e. The van der Waals surface area contributed by atoms with Gasteiger partial charge in [0, 0.05) is 6.04 Å². The highest BCUT2D eigenvalue weighted by Gasteiger charge is 2.39. The van der Waals surface area contributed by atoms with E-state index < -0.39 is 0 Å². The highest BCUT2D eigenvalue weighted by Crippen LogP contribution is 2.43. The molecule has 0 atom stereocenters. The smallest absolute Gasteiger partial charge is 0.0545 e.